The first kappa shape index (κ1) is 30.0. The molecule has 5 aliphatic heterocycles. The van der Waals surface area contributed by atoms with Gasteiger partial charge in [0.15, 0.2) is 29.2 Å². The van der Waals surface area contributed by atoms with Crippen molar-refractivity contribution in [1.29, 1.82) is 0 Å². The molecule has 11 heteroatoms. The minimum atomic E-state index is -0.996. The lowest BCUT2D eigenvalue weighted by Crippen LogP contribution is -2.41. The number of amides is 1. The van der Waals surface area contributed by atoms with E-state index in [4.69, 9.17) is 23.5 Å². The lowest BCUT2D eigenvalue weighted by atomic mass is 9.72. The number of ether oxygens (including phenoxy) is 1. The number of aromatic amines is 1. The Bertz CT molecular complexity index is 2490. The quantitative estimate of drug-likeness (QED) is 0.160. The summed E-state index contributed by atoms with van der Waals surface area (Å²) in [5, 5.41) is 11.4. The maximum Gasteiger partial charge on any atom is 0.249 e. The average molecular weight is 693 g/mol. The van der Waals surface area contributed by atoms with Crippen molar-refractivity contribution in [3.8, 4) is 39.8 Å². The van der Waals surface area contributed by atoms with Gasteiger partial charge in [-0.25, -0.2) is 9.97 Å². The molecule has 3 unspecified atom stereocenters. The van der Waals surface area contributed by atoms with Gasteiger partial charge in [0.25, 0.3) is 0 Å². The van der Waals surface area contributed by atoms with Crippen molar-refractivity contribution in [2.75, 3.05) is 11.9 Å². The molecule has 8 heterocycles. The second kappa shape index (κ2) is 10.7. The first-order chi connectivity index (χ1) is 25.4. The largest absolute Gasteiger partial charge is 0.469 e. The minimum absolute atomic E-state index is 0.0689. The van der Waals surface area contributed by atoms with Crippen LogP contribution in [0, 0.1) is 11.8 Å². The van der Waals surface area contributed by atoms with Crippen molar-refractivity contribution in [2.45, 2.75) is 63.3 Å². The van der Waals surface area contributed by atoms with Gasteiger partial charge in [-0.05, 0) is 55.0 Å². The number of nitrogens with zero attached hydrogens (tertiary/aromatic N) is 2. The normalized spacial score (nSPS) is 24.9. The van der Waals surface area contributed by atoms with E-state index >= 15 is 0 Å². The molecule has 11 rings (SSSR count). The highest BCUT2D eigenvalue weighted by atomic mass is 16.5. The Hall–Kier alpha value is -5.68. The van der Waals surface area contributed by atoms with E-state index in [2.05, 4.69) is 63.4 Å². The minimum Gasteiger partial charge on any atom is -0.469 e. The van der Waals surface area contributed by atoms with Crippen molar-refractivity contribution in [3.05, 3.63) is 95.3 Å². The predicted octanol–water partition coefficient (Wildman–Crippen LogP) is 6.63. The maximum absolute atomic E-state index is 14.3. The summed E-state index contributed by atoms with van der Waals surface area (Å²) in [6, 6.07) is 17.9. The van der Waals surface area contributed by atoms with E-state index in [0.717, 1.165) is 69.4 Å². The van der Waals surface area contributed by atoms with Gasteiger partial charge in [-0.1, -0.05) is 56.3 Å². The van der Waals surface area contributed by atoms with Crippen molar-refractivity contribution in [2.24, 2.45) is 11.8 Å². The highest BCUT2D eigenvalue weighted by Gasteiger charge is 2.61. The topological polar surface area (TPSA) is 147 Å². The van der Waals surface area contributed by atoms with Gasteiger partial charge in [0.1, 0.15) is 17.2 Å². The van der Waals surface area contributed by atoms with Gasteiger partial charge >= 0.3 is 0 Å². The number of fused-ring (bicyclic) bond motifs is 7. The van der Waals surface area contributed by atoms with E-state index in [1.807, 2.05) is 32.2 Å². The van der Waals surface area contributed by atoms with E-state index in [9.17, 15) is 9.59 Å². The Labute approximate surface area is 298 Å². The van der Waals surface area contributed by atoms with Crippen LogP contribution < -0.4 is 20.7 Å². The molecule has 0 saturated carbocycles. The number of ketones is 1. The third-order valence-electron chi connectivity index (χ3n) is 11.8. The number of aromatic nitrogens is 3. The summed E-state index contributed by atoms with van der Waals surface area (Å²) in [5.41, 5.74) is 7.15. The standard InChI is InChI=1S/C41H36N6O5/c1-19(2)33-39-46-35-36(52-39)41-25-8-3-7-23(22-6-4-9-28-32(22)24(17-43-28)31-18-44-38(35)50-31)34(25)47-40(41)51-30-12-11-20(15-26(30)41)14-21(37(49)45-33)16-29(48)27-10-5-13-42-27/h3-4,6-9,11-12,15,17-19,21,27,33,40,42-43,47H,5,10,13-14,16H2,1-2H3,(H,45,49)/t21?,27-,33?,40-,41?/m0/s1. The van der Waals surface area contributed by atoms with E-state index in [0.29, 0.717) is 41.2 Å². The van der Waals surface area contributed by atoms with Gasteiger partial charge < -0.3 is 34.5 Å². The number of anilines is 1. The maximum atomic E-state index is 14.3. The van der Waals surface area contributed by atoms with Gasteiger partial charge in [-0.2, -0.15) is 0 Å². The number of nitrogens with one attached hydrogen (secondary N) is 4. The first-order valence-electron chi connectivity index (χ1n) is 18.2. The number of hydrogen-bond acceptors (Lipinski definition) is 9. The second-order valence-corrected chi connectivity index (χ2v) is 15.1. The molecule has 5 atom stereocenters. The van der Waals surface area contributed by atoms with E-state index < -0.39 is 23.6 Å². The van der Waals surface area contributed by atoms with Crippen molar-refractivity contribution in [1.82, 2.24) is 25.6 Å². The van der Waals surface area contributed by atoms with Crippen LogP contribution in [-0.4, -0.2) is 45.5 Å². The van der Waals surface area contributed by atoms with Crippen molar-refractivity contribution < 1.29 is 23.2 Å². The van der Waals surface area contributed by atoms with Crippen LogP contribution in [0.1, 0.15) is 67.5 Å². The molecule has 1 fully saturated rings. The van der Waals surface area contributed by atoms with Crippen LogP contribution in [-0.2, 0) is 21.4 Å². The molecule has 3 aromatic carbocycles. The van der Waals surface area contributed by atoms with Gasteiger partial charge in [-0.3, -0.25) is 9.59 Å². The lowest BCUT2D eigenvalue weighted by molar-refractivity contribution is -0.131. The molecular weight excluding hydrogens is 656 g/mol. The zero-order chi connectivity index (χ0) is 34.9. The van der Waals surface area contributed by atoms with Gasteiger partial charge in [0.2, 0.25) is 17.7 Å². The zero-order valence-corrected chi connectivity index (χ0v) is 28.7. The van der Waals surface area contributed by atoms with Crippen LogP contribution in [0.2, 0.25) is 0 Å². The molecule has 260 valence electrons. The number of para-hydroxylation sites is 1. The summed E-state index contributed by atoms with van der Waals surface area (Å²) >= 11 is 0. The molecule has 0 aliphatic carbocycles. The van der Waals surface area contributed by atoms with E-state index in [1.54, 1.807) is 6.20 Å². The van der Waals surface area contributed by atoms with Crippen LogP contribution in [0.4, 0.5) is 5.69 Å². The Morgan fingerprint density at radius 2 is 1.90 bits per heavy atom. The second-order valence-electron chi connectivity index (χ2n) is 15.1. The molecular formula is C41H36N6O5. The number of benzene rings is 3. The summed E-state index contributed by atoms with van der Waals surface area (Å²) in [7, 11) is 0. The Balaban J connectivity index is 1.20. The Morgan fingerprint density at radius 3 is 2.77 bits per heavy atom. The van der Waals surface area contributed by atoms with E-state index in [-0.39, 0.29) is 30.1 Å². The zero-order valence-electron chi connectivity index (χ0n) is 28.7. The molecule has 0 radical (unpaired) electrons. The summed E-state index contributed by atoms with van der Waals surface area (Å²) in [6.07, 6.45) is 5.38. The third kappa shape index (κ3) is 3.99. The molecule has 3 aromatic heterocycles. The summed E-state index contributed by atoms with van der Waals surface area (Å²) in [5.74, 6) is 1.69. The molecule has 1 spiro atoms. The number of rotatable bonds is 4. The number of H-pyrrole nitrogens is 1. The third-order valence-corrected chi connectivity index (χ3v) is 11.8. The van der Waals surface area contributed by atoms with E-state index in [1.165, 1.54) is 0 Å². The number of carbonyl (C=O) groups excluding carboxylic acids is 2. The number of carbonyl (C=O) groups is 2. The fourth-order valence-electron chi connectivity index (χ4n) is 9.32. The highest BCUT2D eigenvalue weighted by molar-refractivity contribution is 6.07. The molecule has 1 saturated heterocycles. The van der Waals surface area contributed by atoms with Crippen LogP contribution >= 0.6 is 0 Å². The molecule has 11 nitrogen and oxygen atoms in total. The Morgan fingerprint density at radius 1 is 1.02 bits per heavy atom. The van der Waals surface area contributed by atoms with Crippen LogP contribution in [0.15, 0.2) is 75.8 Å². The van der Waals surface area contributed by atoms with Gasteiger partial charge in [-0.15, -0.1) is 0 Å². The molecule has 4 N–H and O–H groups in total. The number of oxazole rings is 2. The van der Waals surface area contributed by atoms with Gasteiger partial charge in [0, 0.05) is 57.4 Å². The van der Waals surface area contributed by atoms with Crippen molar-refractivity contribution in [3.63, 3.8) is 0 Å². The molecule has 5 aliphatic rings. The van der Waals surface area contributed by atoms with Crippen molar-refractivity contribution >= 4 is 28.3 Å². The summed E-state index contributed by atoms with van der Waals surface area (Å²) in [6.45, 7) is 4.88. The Kier molecular flexibility index (Phi) is 6.16. The highest BCUT2D eigenvalue weighted by Crippen LogP contribution is 2.61. The number of hydrogen-bond donors (Lipinski definition) is 4. The summed E-state index contributed by atoms with van der Waals surface area (Å²) in [4.78, 5) is 41.3. The van der Waals surface area contributed by atoms with Gasteiger partial charge in [0.05, 0.1) is 12.2 Å². The first-order valence-corrected chi connectivity index (χ1v) is 18.2. The predicted molar refractivity (Wildman–Crippen MR) is 193 cm³/mol. The summed E-state index contributed by atoms with van der Waals surface area (Å²) < 4.78 is 20.5. The molecule has 10 bridgehead atoms. The lowest BCUT2D eigenvalue weighted by Gasteiger charge is -2.28. The van der Waals surface area contributed by atoms with Crippen LogP contribution in [0.5, 0.6) is 5.75 Å². The molecule has 6 aromatic rings. The van der Waals surface area contributed by atoms with Crippen LogP contribution in [0.3, 0.4) is 0 Å². The molecule has 1 amide bonds. The molecule has 52 heavy (non-hydrogen) atoms. The fourth-order valence-corrected chi connectivity index (χ4v) is 9.32. The van der Waals surface area contributed by atoms with Crippen LogP contribution in [0.25, 0.3) is 44.9 Å². The fraction of sp³-hybridized carbons (Fsp3) is 0.317. The SMILES string of the molecule is CC(C)C1NC(=O)C(CC(=O)[C@@H]2CCCN2)Cc2ccc3c(c2)C24c5cccc(c5N[C@H]2O3)-c2cccc3[nH]cc(c23)-c2cnc(o2)-c2nc1oc24. The average Bonchev–Trinajstić information content (AvgIpc) is 3.99. The number of Topliss-reactive ketones (excluding diaryl/α,β-unsaturated/α-hetero) is 1. The smallest absolute Gasteiger partial charge is 0.249 e. The monoisotopic (exact) mass is 692 g/mol.